The molecule has 0 amide bonds. The van der Waals surface area contributed by atoms with Crippen molar-refractivity contribution in [2.24, 2.45) is 0 Å². The first-order valence-corrected chi connectivity index (χ1v) is 9.88. The fourth-order valence-electron chi connectivity index (χ4n) is 2.50. The van der Waals surface area contributed by atoms with Crippen LogP contribution < -0.4 is 9.47 Å². The predicted octanol–water partition coefficient (Wildman–Crippen LogP) is 5.56. The Hall–Kier alpha value is -3.04. The van der Waals surface area contributed by atoms with Gasteiger partial charge in [-0.15, -0.1) is 0 Å². The maximum absolute atomic E-state index is 9.05. The topological polar surface area (TPSA) is 68.0 Å². The third kappa shape index (κ3) is 5.24. The van der Waals surface area contributed by atoms with E-state index < -0.39 is 0 Å². The first-order valence-electron chi connectivity index (χ1n) is 8.90. The monoisotopic (exact) mass is 391 g/mol. The molecule has 0 unspecified atom stereocenters. The van der Waals surface area contributed by atoms with Crippen molar-refractivity contribution < 1.29 is 9.47 Å². The van der Waals surface area contributed by atoms with Gasteiger partial charge in [-0.05, 0) is 35.7 Å². The molecule has 0 aliphatic rings. The van der Waals surface area contributed by atoms with Gasteiger partial charge in [0.15, 0.2) is 5.16 Å². The zero-order valence-electron chi connectivity index (χ0n) is 16.0. The fraction of sp³-hybridized carbons (Fsp3) is 0.227. The molecule has 0 N–H and O–H groups in total. The van der Waals surface area contributed by atoms with Gasteiger partial charge in [0.2, 0.25) is 5.88 Å². The number of hydrogen-bond donors (Lipinski definition) is 0. The standard InChI is InChI=1S/C22H21N3O2S/c1-15(2)20-12-21(27-19-9-5-8-18(11-19)26-3)25-22(24-20)28-14-17-7-4-6-16(10-17)13-23/h4-12,15H,14H2,1-3H3. The number of nitrogens with zero attached hydrogens (tertiary/aromatic N) is 3. The van der Waals surface area contributed by atoms with E-state index in [1.165, 1.54) is 11.8 Å². The van der Waals surface area contributed by atoms with Gasteiger partial charge in [-0.25, -0.2) is 4.98 Å². The van der Waals surface area contributed by atoms with E-state index in [2.05, 4.69) is 29.9 Å². The summed E-state index contributed by atoms with van der Waals surface area (Å²) in [6.07, 6.45) is 0. The second kappa shape index (κ2) is 9.25. The van der Waals surface area contributed by atoms with Crippen LogP contribution in [0.2, 0.25) is 0 Å². The lowest BCUT2D eigenvalue weighted by Gasteiger charge is -2.11. The van der Waals surface area contributed by atoms with Gasteiger partial charge >= 0.3 is 0 Å². The van der Waals surface area contributed by atoms with Crippen LogP contribution >= 0.6 is 11.8 Å². The zero-order chi connectivity index (χ0) is 19.9. The van der Waals surface area contributed by atoms with Crippen LogP contribution in [0.4, 0.5) is 0 Å². The molecule has 0 atom stereocenters. The van der Waals surface area contributed by atoms with Crippen LogP contribution in [0.25, 0.3) is 0 Å². The van der Waals surface area contributed by atoms with Gasteiger partial charge in [-0.3, -0.25) is 0 Å². The van der Waals surface area contributed by atoms with Crippen LogP contribution in [-0.4, -0.2) is 17.1 Å². The molecule has 0 aliphatic heterocycles. The lowest BCUT2D eigenvalue weighted by Crippen LogP contribution is -2.00. The highest BCUT2D eigenvalue weighted by atomic mass is 32.2. The molecule has 0 bridgehead atoms. The minimum absolute atomic E-state index is 0.247. The summed E-state index contributed by atoms with van der Waals surface area (Å²) in [4.78, 5) is 9.20. The van der Waals surface area contributed by atoms with Crippen molar-refractivity contribution in [3.8, 4) is 23.4 Å². The second-order valence-electron chi connectivity index (χ2n) is 6.45. The van der Waals surface area contributed by atoms with Crippen molar-refractivity contribution in [2.75, 3.05) is 7.11 Å². The number of methoxy groups -OCH3 is 1. The van der Waals surface area contributed by atoms with Crippen molar-refractivity contribution in [3.63, 3.8) is 0 Å². The molecular weight excluding hydrogens is 370 g/mol. The lowest BCUT2D eigenvalue weighted by molar-refractivity contribution is 0.406. The maximum Gasteiger partial charge on any atom is 0.223 e. The van der Waals surface area contributed by atoms with E-state index in [-0.39, 0.29) is 5.92 Å². The van der Waals surface area contributed by atoms with Crippen molar-refractivity contribution in [3.05, 3.63) is 71.4 Å². The molecule has 1 aromatic heterocycles. The highest BCUT2D eigenvalue weighted by Crippen LogP contribution is 2.29. The van der Waals surface area contributed by atoms with E-state index in [4.69, 9.17) is 14.7 Å². The summed E-state index contributed by atoms with van der Waals surface area (Å²) >= 11 is 1.52. The van der Waals surface area contributed by atoms with Crippen molar-refractivity contribution in [2.45, 2.75) is 30.7 Å². The molecule has 0 fully saturated rings. The lowest BCUT2D eigenvalue weighted by atomic mass is 10.1. The summed E-state index contributed by atoms with van der Waals surface area (Å²) in [6.45, 7) is 4.17. The highest BCUT2D eigenvalue weighted by molar-refractivity contribution is 7.98. The fourth-order valence-corrected chi connectivity index (χ4v) is 3.30. The van der Waals surface area contributed by atoms with E-state index in [1.807, 2.05) is 48.5 Å². The molecule has 0 radical (unpaired) electrons. The summed E-state index contributed by atoms with van der Waals surface area (Å²) < 4.78 is 11.2. The molecule has 0 saturated heterocycles. The van der Waals surface area contributed by atoms with Crippen molar-refractivity contribution in [1.82, 2.24) is 9.97 Å². The van der Waals surface area contributed by atoms with Gasteiger partial charge in [0, 0.05) is 17.9 Å². The Labute approximate surface area is 169 Å². The molecule has 0 spiro atoms. The van der Waals surface area contributed by atoms with Crippen molar-refractivity contribution >= 4 is 11.8 Å². The van der Waals surface area contributed by atoms with Crippen LogP contribution in [0, 0.1) is 11.3 Å². The largest absolute Gasteiger partial charge is 0.497 e. The molecule has 0 saturated carbocycles. The number of aromatic nitrogens is 2. The van der Waals surface area contributed by atoms with Gasteiger partial charge in [0.05, 0.1) is 24.4 Å². The molecule has 1 heterocycles. The van der Waals surface area contributed by atoms with Gasteiger partial charge < -0.3 is 9.47 Å². The van der Waals surface area contributed by atoms with Crippen LogP contribution in [-0.2, 0) is 5.75 Å². The van der Waals surface area contributed by atoms with Gasteiger partial charge in [0.1, 0.15) is 11.5 Å². The van der Waals surface area contributed by atoms with E-state index in [1.54, 1.807) is 13.2 Å². The number of hydrogen-bond acceptors (Lipinski definition) is 6. The SMILES string of the molecule is COc1cccc(Oc2cc(C(C)C)nc(SCc3cccc(C#N)c3)n2)c1. The molecule has 3 aromatic rings. The predicted molar refractivity (Wildman–Crippen MR) is 110 cm³/mol. The Kier molecular flexibility index (Phi) is 6.51. The third-order valence-corrected chi connectivity index (χ3v) is 4.90. The third-order valence-electron chi connectivity index (χ3n) is 3.98. The molecular formula is C22H21N3O2S. The molecule has 5 nitrogen and oxygen atoms in total. The van der Waals surface area contributed by atoms with E-state index >= 15 is 0 Å². The summed E-state index contributed by atoms with van der Waals surface area (Å²) in [5.41, 5.74) is 2.62. The summed E-state index contributed by atoms with van der Waals surface area (Å²) in [7, 11) is 1.62. The van der Waals surface area contributed by atoms with Crippen LogP contribution in [0.15, 0.2) is 59.8 Å². The number of ether oxygens (including phenoxy) is 2. The summed E-state index contributed by atoms with van der Waals surface area (Å²) in [5.74, 6) is 2.81. The van der Waals surface area contributed by atoms with Gasteiger partial charge in [-0.2, -0.15) is 10.2 Å². The Balaban J connectivity index is 1.81. The first-order chi connectivity index (χ1) is 13.6. The Morgan fingerprint density at radius 1 is 1.04 bits per heavy atom. The van der Waals surface area contributed by atoms with Gasteiger partial charge in [0.25, 0.3) is 0 Å². The van der Waals surface area contributed by atoms with Crippen LogP contribution in [0.1, 0.15) is 36.6 Å². The number of rotatable bonds is 7. The normalized spacial score (nSPS) is 10.5. The van der Waals surface area contributed by atoms with E-state index in [0.717, 1.165) is 17.0 Å². The Bertz CT molecular complexity index is 999. The Morgan fingerprint density at radius 3 is 2.57 bits per heavy atom. The zero-order valence-corrected chi connectivity index (χ0v) is 16.9. The van der Waals surface area contributed by atoms with Crippen LogP contribution in [0.5, 0.6) is 17.4 Å². The molecule has 2 aromatic carbocycles. The second-order valence-corrected chi connectivity index (χ2v) is 7.39. The van der Waals surface area contributed by atoms with E-state index in [9.17, 15) is 0 Å². The minimum Gasteiger partial charge on any atom is -0.497 e. The quantitative estimate of drug-likeness (QED) is 0.388. The minimum atomic E-state index is 0.247. The van der Waals surface area contributed by atoms with Crippen LogP contribution in [0.3, 0.4) is 0 Å². The highest BCUT2D eigenvalue weighted by Gasteiger charge is 2.11. The smallest absolute Gasteiger partial charge is 0.223 e. The maximum atomic E-state index is 9.05. The number of benzene rings is 2. The Morgan fingerprint density at radius 2 is 1.82 bits per heavy atom. The van der Waals surface area contributed by atoms with Gasteiger partial charge in [-0.1, -0.05) is 43.8 Å². The summed E-state index contributed by atoms with van der Waals surface area (Å²) in [6, 6.07) is 19.0. The first kappa shape index (κ1) is 19.7. The number of thioether (sulfide) groups is 1. The van der Waals surface area contributed by atoms with Crippen molar-refractivity contribution in [1.29, 1.82) is 5.26 Å². The van der Waals surface area contributed by atoms with E-state index in [0.29, 0.717) is 28.1 Å². The summed E-state index contributed by atoms with van der Waals surface area (Å²) in [5, 5.41) is 9.70. The molecule has 28 heavy (non-hydrogen) atoms. The average molecular weight is 391 g/mol. The average Bonchev–Trinajstić information content (AvgIpc) is 2.72. The molecule has 0 aliphatic carbocycles. The number of nitriles is 1. The molecule has 142 valence electrons. The molecule has 3 rings (SSSR count). The molecule has 6 heteroatoms.